The molecule has 212 valence electrons. The lowest BCUT2D eigenvalue weighted by Crippen LogP contribution is -2.25. The highest BCUT2D eigenvalue weighted by Gasteiger charge is 2.31. The van der Waals surface area contributed by atoms with E-state index in [9.17, 15) is 4.79 Å². The molecule has 0 spiro atoms. The number of hydrogen-bond donors (Lipinski definition) is 1. The normalized spacial score (nSPS) is 14.1. The molecule has 0 saturated carbocycles. The molecule has 40 heavy (non-hydrogen) atoms. The van der Waals surface area contributed by atoms with Crippen LogP contribution in [0.5, 0.6) is 5.88 Å². The Morgan fingerprint density at radius 1 is 1.05 bits per heavy atom. The number of aryl methyl sites for hydroxylation is 2. The van der Waals surface area contributed by atoms with Gasteiger partial charge in [-0.2, -0.15) is 9.97 Å². The molecular weight excluding hydrogens is 504 g/mol. The molecule has 4 rings (SSSR count). The summed E-state index contributed by atoms with van der Waals surface area (Å²) in [5.74, 6) is 2.28. The first-order chi connectivity index (χ1) is 18.9. The van der Waals surface area contributed by atoms with Gasteiger partial charge in [0.2, 0.25) is 17.5 Å². The zero-order valence-corrected chi connectivity index (χ0v) is 24.7. The van der Waals surface area contributed by atoms with Gasteiger partial charge in [0, 0.05) is 23.7 Å². The van der Waals surface area contributed by atoms with E-state index in [0.717, 1.165) is 18.5 Å². The van der Waals surface area contributed by atoms with Crippen molar-refractivity contribution < 1.29 is 9.26 Å². The molecule has 0 bridgehead atoms. The van der Waals surface area contributed by atoms with Crippen molar-refractivity contribution in [2.24, 2.45) is 11.8 Å². The molecule has 1 aromatic carbocycles. The Hall–Kier alpha value is -4.01. The lowest BCUT2D eigenvalue weighted by Gasteiger charge is -2.26. The monoisotopic (exact) mass is 544 g/mol. The number of nitrogen functional groups attached to an aromatic ring is 1. The van der Waals surface area contributed by atoms with Gasteiger partial charge in [-0.25, -0.2) is 9.78 Å². The summed E-state index contributed by atoms with van der Waals surface area (Å²) in [6.45, 7) is 17.1. The first-order valence-electron chi connectivity index (χ1n) is 13.9. The van der Waals surface area contributed by atoms with Crippen molar-refractivity contribution in [3.8, 4) is 23.3 Å². The van der Waals surface area contributed by atoms with Gasteiger partial charge < -0.3 is 15.0 Å². The van der Waals surface area contributed by atoms with E-state index in [4.69, 9.17) is 15.0 Å². The third-order valence-corrected chi connectivity index (χ3v) is 7.82. The van der Waals surface area contributed by atoms with Crippen LogP contribution < -0.4 is 16.2 Å². The summed E-state index contributed by atoms with van der Waals surface area (Å²) in [4.78, 5) is 25.8. The highest BCUT2D eigenvalue weighted by molar-refractivity contribution is 5.53. The Bertz CT molecular complexity index is 1520. The van der Waals surface area contributed by atoms with Crippen LogP contribution in [0.1, 0.15) is 76.8 Å². The Morgan fingerprint density at radius 3 is 2.40 bits per heavy atom. The number of anilines is 1. The van der Waals surface area contributed by atoms with E-state index < -0.39 is 11.1 Å². The summed E-state index contributed by atoms with van der Waals surface area (Å²) < 4.78 is 13.4. The van der Waals surface area contributed by atoms with Gasteiger partial charge in [-0.1, -0.05) is 64.4 Å². The average Bonchev–Trinajstić information content (AvgIpc) is 3.40. The lowest BCUT2D eigenvalue weighted by atomic mass is 9.77. The molecule has 0 radical (unpaired) electrons. The zero-order valence-electron chi connectivity index (χ0n) is 24.7. The Kier molecular flexibility index (Phi) is 8.42. The van der Waals surface area contributed by atoms with Crippen LogP contribution >= 0.6 is 0 Å². The highest BCUT2D eigenvalue weighted by atomic mass is 16.5. The second-order valence-corrected chi connectivity index (χ2v) is 11.4. The maximum absolute atomic E-state index is 12.7. The van der Waals surface area contributed by atoms with Crippen molar-refractivity contribution in [1.29, 1.82) is 0 Å². The van der Waals surface area contributed by atoms with Gasteiger partial charge in [0.1, 0.15) is 17.7 Å². The van der Waals surface area contributed by atoms with E-state index in [0.29, 0.717) is 29.3 Å². The van der Waals surface area contributed by atoms with E-state index in [1.54, 1.807) is 12.1 Å². The van der Waals surface area contributed by atoms with Crippen LogP contribution in [0.15, 0.2) is 51.9 Å². The van der Waals surface area contributed by atoms with Crippen LogP contribution in [0, 0.1) is 25.7 Å². The molecule has 0 aliphatic rings. The minimum atomic E-state index is -0.553. The molecule has 3 heterocycles. The molecule has 3 aromatic heterocycles. The van der Waals surface area contributed by atoms with E-state index in [1.165, 1.54) is 27.5 Å². The van der Waals surface area contributed by atoms with Gasteiger partial charge in [-0.3, -0.25) is 4.57 Å². The fraction of sp³-hybridized carbons (Fsp3) is 0.452. The number of ether oxygens (including phenoxy) is 1. The van der Waals surface area contributed by atoms with Crippen molar-refractivity contribution in [1.82, 2.24) is 24.7 Å². The number of nitrogens with two attached hydrogens (primary N) is 1. The van der Waals surface area contributed by atoms with Crippen molar-refractivity contribution in [2.45, 2.75) is 79.8 Å². The third-order valence-electron chi connectivity index (χ3n) is 7.82. The first kappa shape index (κ1) is 29.0. The fourth-order valence-corrected chi connectivity index (χ4v) is 5.20. The Labute approximate surface area is 235 Å². The number of aromatic nitrogens is 5. The second-order valence-electron chi connectivity index (χ2n) is 11.4. The van der Waals surface area contributed by atoms with Gasteiger partial charge in [0.05, 0.1) is 5.69 Å². The smallest absolute Gasteiger partial charge is 0.355 e. The summed E-state index contributed by atoms with van der Waals surface area (Å²) >= 11 is 0. The molecule has 2 N–H and O–H groups in total. The SMILES string of the molecule is CC[C@H](C)C[C@H](C)[C@H](C)Oc1cc(-n2ccc(N)nc2=O)nc(-c2cc(C(C)(C)c3c(C)cccc3C)no2)n1. The van der Waals surface area contributed by atoms with E-state index in [1.807, 2.05) is 13.0 Å². The molecule has 0 aliphatic heterocycles. The summed E-state index contributed by atoms with van der Waals surface area (Å²) in [6, 6.07) is 11.3. The molecule has 0 saturated heterocycles. The topological polar surface area (TPSA) is 122 Å². The summed E-state index contributed by atoms with van der Waals surface area (Å²) in [5, 5.41) is 4.42. The van der Waals surface area contributed by atoms with Gasteiger partial charge in [0.25, 0.3) is 0 Å². The average molecular weight is 545 g/mol. The molecule has 9 heteroatoms. The highest BCUT2D eigenvalue weighted by Crippen LogP contribution is 2.36. The van der Waals surface area contributed by atoms with Crippen molar-refractivity contribution in [3.63, 3.8) is 0 Å². The predicted octanol–water partition coefficient (Wildman–Crippen LogP) is 6.04. The fourth-order valence-electron chi connectivity index (χ4n) is 5.20. The zero-order chi connectivity index (χ0) is 29.2. The van der Waals surface area contributed by atoms with Crippen molar-refractivity contribution in [3.05, 3.63) is 75.5 Å². The van der Waals surface area contributed by atoms with E-state index in [2.05, 4.69) is 86.8 Å². The van der Waals surface area contributed by atoms with Crippen LogP contribution in [-0.4, -0.2) is 30.8 Å². The van der Waals surface area contributed by atoms with Crippen LogP contribution in [0.25, 0.3) is 17.4 Å². The minimum Gasteiger partial charge on any atom is -0.474 e. The molecular formula is C31H40N6O3. The van der Waals surface area contributed by atoms with E-state index in [-0.39, 0.29) is 17.7 Å². The van der Waals surface area contributed by atoms with E-state index >= 15 is 0 Å². The summed E-state index contributed by atoms with van der Waals surface area (Å²) in [6.07, 6.45) is 3.56. The van der Waals surface area contributed by atoms with Gasteiger partial charge in [-0.05, 0) is 61.8 Å². The molecule has 0 unspecified atom stereocenters. The maximum atomic E-state index is 12.7. The van der Waals surface area contributed by atoms with Gasteiger partial charge in [0.15, 0.2) is 0 Å². The number of hydrogen-bond acceptors (Lipinski definition) is 8. The van der Waals surface area contributed by atoms with Crippen LogP contribution in [0.2, 0.25) is 0 Å². The lowest BCUT2D eigenvalue weighted by molar-refractivity contribution is 0.138. The van der Waals surface area contributed by atoms with Crippen LogP contribution in [-0.2, 0) is 5.41 Å². The Balaban J connectivity index is 1.76. The molecule has 0 fully saturated rings. The number of benzene rings is 1. The molecule has 9 nitrogen and oxygen atoms in total. The van der Waals surface area contributed by atoms with Crippen LogP contribution in [0.4, 0.5) is 5.82 Å². The molecule has 3 atom stereocenters. The largest absolute Gasteiger partial charge is 0.474 e. The summed E-state index contributed by atoms with van der Waals surface area (Å²) in [5.41, 5.74) is 9.04. The second kappa shape index (κ2) is 11.6. The molecule has 0 amide bonds. The molecule has 0 aliphatic carbocycles. The van der Waals surface area contributed by atoms with Gasteiger partial charge >= 0.3 is 5.69 Å². The Morgan fingerprint density at radius 2 is 1.75 bits per heavy atom. The van der Waals surface area contributed by atoms with Crippen molar-refractivity contribution in [2.75, 3.05) is 5.73 Å². The van der Waals surface area contributed by atoms with Crippen molar-refractivity contribution >= 4 is 5.82 Å². The quantitative estimate of drug-likeness (QED) is 0.256. The standard InChI is InChI=1S/C31H40N6O3/c1-9-18(2)15-21(5)22(6)39-27-17-26(37-14-13-25(32)33-30(37)38)34-29(35-27)23-16-24(36-40-23)31(7,8)28-19(3)11-10-12-20(28)4/h10-14,16-18,21-22H,9,15H2,1-8H3,(H2,32,33,38)/t18-,21-,22-/m0/s1. The number of nitrogens with zero attached hydrogens (tertiary/aromatic N) is 5. The maximum Gasteiger partial charge on any atom is 0.355 e. The predicted molar refractivity (Wildman–Crippen MR) is 157 cm³/mol. The molecule has 4 aromatic rings. The number of rotatable bonds is 10. The third kappa shape index (κ3) is 6.08. The minimum absolute atomic E-state index is 0.112. The van der Waals surface area contributed by atoms with Crippen LogP contribution in [0.3, 0.4) is 0 Å². The summed E-state index contributed by atoms with van der Waals surface area (Å²) in [7, 11) is 0. The van der Waals surface area contributed by atoms with Gasteiger partial charge in [-0.15, -0.1) is 0 Å². The first-order valence-corrected chi connectivity index (χ1v) is 13.9.